The van der Waals surface area contributed by atoms with Gasteiger partial charge in [-0.25, -0.2) is 0 Å². The zero-order valence-electron chi connectivity index (χ0n) is 9.39. The molecule has 1 atom stereocenters. The first-order valence-corrected chi connectivity index (χ1v) is 6.23. The quantitative estimate of drug-likeness (QED) is 0.683. The van der Waals surface area contributed by atoms with Gasteiger partial charge in [-0.2, -0.15) is 0 Å². The van der Waals surface area contributed by atoms with Gasteiger partial charge in [-0.3, -0.25) is 0 Å². The van der Waals surface area contributed by atoms with Crippen LogP contribution in [0.2, 0.25) is 0 Å². The van der Waals surface area contributed by atoms with Crippen molar-refractivity contribution in [1.82, 2.24) is 0 Å². The fourth-order valence-corrected chi connectivity index (χ4v) is 3.34. The van der Waals surface area contributed by atoms with Crippen LogP contribution in [0.25, 0.3) is 0 Å². The topological polar surface area (TPSA) is 26.0 Å². The van der Waals surface area contributed by atoms with E-state index in [1.54, 1.807) is 5.57 Å². The highest BCUT2D eigenvalue weighted by Crippen LogP contribution is 2.46. The number of hydrogen-bond donors (Lipinski definition) is 1. The van der Waals surface area contributed by atoms with Crippen molar-refractivity contribution >= 4 is 0 Å². The molecule has 2 rings (SSSR count). The van der Waals surface area contributed by atoms with Crippen molar-refractivity contribution in [1.29, 1.82) is 0 Å². The van der Waals surface area contributed by atoms with E-state index in [2.05, 4.69) is 13.0 Å². The third kappa shape index (κ3) is 1.63. The average molecular weight is 193 g/mol. The van der Waals surface area contributed by atoms with Crippen molar-refractivity contribution in [3.05, 3.63) is 11.6 Å². The first-order valence-electron chi connectivity index (χ1n) is 6.23. The van der Waals surface area contributed by atoms with Gasteiger partial charge in [0, 0.05) is 6.04 Å². The van der Waals surface area contributed by atoms with Crippen LogP contribution in [0.15, 0.2) is 11.6 Å². The number of rotatable bonds is 3. The fraction of sp³-hybridized carbons (Fsp3) is 0.846. The summed E-state index contributed by atoms with van der Waals surface area (Å²) in [5, 5.41) is 0. The molecule has 2 N–H and O–H groups in total. The van der Waals surface area contributed by atoms with Gasteiger partial charge in [0.05, 0.1) is 0 Å². The predicted octanol–water partition coefficient (Wildman–Crippen LogP) is 3.39. The maximum Gasteiger partial charge on any atom is 0.0310 e. The Hall–Kier alpha value is -0.300. The Balaban J connectivity index is 2.10. The average Bonchev–Trinajstić information content (AvgIpc) is 2.89. The molecule has 0 bridgehead atoms. The van der Waals surface area contributed by atoms with Crippen LogP contribution in [-0.4, -0.2) is 6.04 Å². The summed E-state index contributed by atoms with van der Waals surface area (Å²) in [5.41, 5.74) is 8.49. The van der Waals surface area contributed by atoms with E-state index in [4.69, 9.17) is 5.73 Å². The van der Waals surface area contributed by atoms with Crippen LogP contribution in [-0.2, 0) is 0 Å². The summed E-state index contributed by atoms with van der Waals surface area (Å²) in [6.45, 7) is 2.32. The van der Waals surface area contributed by atoms with Crippen molar-refractivity contribution in [3.8, 4) is 0 Å². The summed E-state index contributed by atoms with van der Waals surface area (Å²) in [4.78, 5) is 0. The van der Waals surface area contributed by atoms with E-state index in [1.165, 1.54) is 51.4 Å². The molecule has 14 heavy (non-hydrogen) atoms. The zero-order valence-corrected chi connectivity index (χ0v) is 9.39. The van der Waals surface area contributed by atoms with E-state index in [1.807, 2.05) is 0 Å². The molecule has 1 saturated carbocycles. The Labute approximate surface area is 87.8 Å². The largest absolute Gasteiger partial charge is 0.324 e. The third-order valence-corrected chi connectivity index (χ3v) is 4.44. The van der Waals surface area contributed by atoms with E-state index in [-0.39, 0.29) is 0 Å². The fourth-order valence-electron chi connectivity index (χ4n) is 3.34. The van der Waals surface area contributed by atoms with Crippen molar-refractivity contribution < 1.29 is 0 Å². The Morgan fingerprint density at radius 2 is 2.07 bits per heavy atom. The molecular weight excluding hydrogens is 170 g/mol. The van der Waals surface area contributed by atoms with Gasteiger partial charge in [-0.15, -0.1) is 0 Å². The van der Waals surface area contributed by atoms with Crippen LogP contribution in [0.5, 0.6) is 0 Å². The second kappa shape index (κ2) is 4.06. The molecule has 0 amide bonds. The molecule has 80 valence electrons. The molecule has 0 aromatic rings. The van der Waals surface area contributed by atoms with Gasteiger partial charge in [0.1, 0.15) is 0 Å². The zero-order chi connectivity index (χ0) is 10.0. The minimum Gasteiger partial charge on any atom is -0.324 e. The summed E-state index contributed by atoms with van der Waals surface area (Å²) < 4.78 is 0. The lowest BCUT2D eigenvalue weighted by molar-refractivity contribution is 0.241. The van der Waals surface area contributed by atoms with E-state index in [9.17, 15) is 0 Å². The smallest absolute Gasteiger partial charge is 0.0310 e. The molecule has 2 aliphatic rings. The minimum atomic E-state index is 0.373. The molecule has 0 aromatic carbocycles. The van der Waals surface area contributed by atoms with Crippen LogP contribution in [0, 0.1) is 5.41 Å². The number of hydrogen-bond acceptors (Lipinski definition) is 1. The van der Waals surface area contributed by atoms with Crippen LogP contribution < -0.4 is 5.73 Å². The Bertz CT molecular complexity index is 223. The van der Waals surface area contributed by atoms with Crippen LogP contribution in [0.4, 0.5) is 0 Å². The summed E-state index contributed by atoms with van der Waals surface area (Å²) >= 11 is 0. The van der Waals surface area contributed by atoms with Crippen LogP contribution >= 0.6 is 0 Å². The highest BCUT2D eigenvalue weighted by Gasteiger charge is 2.39. The summed E-state index contributed by atoms with van der Waals surface area (Å²) in [7, 11) is 0. The molecule has 2 aliphatic carbocycles. The molecule has 0 aliphatic heterocycles. The highest BCUT2D eigenvalue weighted by atomic mass is 14.7. The van der Waals surface area contributed by atoms with Gasteiger partial charge in [-0.05, 0) is 43.9 Å². The highest BCUT2D eigenvalue weighted by molar-refractivity contribution is 5.19. The lowest BCUT2D eigenvalue weighted by atomic mass is 9.73. The van der Waals surface area contributed by atoms with Gasteiger partial charge in [-0.1, -0.05) is 31.4 Å². The molecule has 0 saturated heterocycles. The summed E-state index contributed by atoms with van der Waals surface area (Å²) in [6.07, 6.45) is 13.1. The standard InChI is InChI=1S/C13H23N/c1-2-13(9-5-6-10-13)12(14)11-7-3-4-8-11/h7,12H,2-6,8-10,14H2,1H3. The Kier molecular flexibility index (Phi) is 2.96. The van der Waals surface area contributed by atoms with Gasteiger partial charge in [0.25, 0.3) is 0 Å². The second-order valence-corrected chi connectivity index (χ2v) is 5.07. The Morgan fingerprint density at radius 3 is 2.57 bits per heavy atom. The second-order valence-electron chi connectivity index (χ2n) is 5.07. The maximum absolute atomic E-state index is 6.46. The predicted molar refractivity (Wildman–Crippen MR) is 61.1 cm³/mol. The lowest BCUT2D eigenvalue weighted by Gasteiger charge is -2.35. The molecule has 0 spiro atoms. The molecule has 0 heterocycles. The lowest BCUT2D eigenvalue weighted by Crippen LogP contribution is -2.40. The summed E-state index contributed by atoms with van der Waals surface area (Å²) in [5.74, 6) is 0. The molecule has 1 heteroatoms. The summed E-state index contributed by atoms with van der Waals surface area (Å²) in [6, 6.07) is 0.373. The maximum atomic E-state index is 6.46. The van der Waals surface area contributed by atoms with Gasteiger partial charge in [0.2, 0.25) is 0 Å². The molecule has 1 unspecified atom stereocenters. The van der Waals surface area contributed by atoms with Gasteiger partial charge in [0.15, 0.2) is 0 Å². The Morgan fingerprint density at radius 1 is 1.36 bits per heavy atom. The van der Waals surface area contributed by atoms with E-state index >= 15 is 0 Å². The molecule has 1 fully saturated rings. The van der Waals surface area contributed by atoms with Crippen molar-refractivity contribution in [3.63, 3.8) is 0 Å². The molecule has 0 radical (unpaired) electrons. The third-order valence-electron chi connectivity index (χ3n) is 4.44. The number of nitrogens with two attached hydrogens (primary N) is 1. The monoisotopic (exact) mass is 193 g/mol. The molecule has 1 nitrogen and oxygen atoms in total. The van der Waals surface area contributed by atoms with E-state index in [0.717, 1.165) is 0 Å². The molecular formula is C13H23N. The van der Waals surface area contributed by atoms with Crippen molar-refractivity contribution in [2.75, 3.05) is 0 Å². The van der Waals surface area contributed by atoms with Crippen molar-refractivity contribution in [2.45, 2.75) is 64.3 Å². The number of allylic oxidation sites excluding steroid dienone is 1. The van der Waals surface area contributed by atoms with Gasteiger partial charge < -0.3 is 5.73 Å². The normalized spacial score (nSPS) is 27.7. The SMILES string of the molecule is CCC1(C(N)C2=CCCC2)CCCC1. The van der Waals surface area contributed by atoms with Gasteiger partial charge >= 0.3 is 0 Å². The molecule has 0 aromatic heterocycles. The first kappa shape index (κ1) is 10.2. The van der Waals surface area contributed by atoms with Crippen LogP contribution in [0.1, 0.15) is 58.3 Å². The van der Waals surface area contributed by atoms with E-state index in [0.29, 0.717) is 11.5 Å². The first-order chi connectivity index (χ1) is 6.78. The van der Waals surface area contributed by atoms with E-state index < -0.39 is 0 Å². The van der Waals surface area contributed by atoms with Crippen molar-refractivity contribution in [2.24, 2.45) is 11.1 Å². The van der Waals surface area contributed by atoms with Crippen LogP contribution in [0.3, 0.4) is 0 Å². The minimum absolute atomic E-state index is 0.373.